The molecule has 2 rings (SSSR count). The van der Waals surface area contributed by atoms with Crippen LogP contribution in [0.4, 0.5) is 0 Å². The number of hydrogen-bond donors (Lipinski definition) is 2. The average Bonchev–Trinajstić information content (AvgIpc) is 2.75. The minimum absolute atomic E-state index is 0.250. The molecule has 1 aliphatic rings. The molecule has 1 aliphatic heterocycles. The Kier molecular flexibility index (Phi) is 3.56. The summed E-state index contributed by atoms with van der Waals surface area (Å²) >= 11 is 5.92. The van der Waals surface area contributed by atoms with Gasteiger partial charge in [0.1, 0.15) is 11.5 Å². The molecule has 0 spiro atoms. The van der Waals surface area contributed by atoms with Gasteiger partial charge in [-0.1, -0.05) is 11.6 Å². The lowest BCUT2D eigenvalue weighted by Crippen LogP contribution is -2.23. The number of methoxy groups -OCH3 is 1. The maximum atomic E-state index is 9.80. The van der Waals surface area contributed by atoms with Gasteiger partial charge in [0, 0.05) is 12.1 Å². The number of rotatable bonds is 3. The van der Waals surface area contributed by atoms with Crippen molar-refractivity contribution in [1.82, 2.24) is 5.32 Å². The standard InChI is InChI=1S/C12H16ClNO2/c1-16-12-6-8(11(15)7-10(12)13)5-9-3-2-4-14-9/h6-7,9,14-15H,2-5H2,1H3. The minimum atomic E-state index is 0.250. The van der Waals surface area contributed by atoms with Gasteiger partial charge in [0.15, 0.2) is 0 Å². The zero-order chi connectivity index (χ0) is 11.5. The molecular weight excluding hydrogens is 226 g/mol. The van der Waals surface area contributed by atoms with Crippen molar-refractivity contribution >= 4 is 11.6 Å². The van der Waals surface area contributed by atoms with Gasteiger partial charge in [-0.3, -0.25) is 0 Å². The van der Waals surface area contributed by atoms with Gasteiger partial charge in [-0.25, -0.2) is 0 Å². The summed E-state index contributed by atoms with van der Waals surface area (Å²) in [6.07, 6.45) is 3.18. The van der Waals surface area contributed by atoms with E-state index in [1.165, 1.54) is 6.42 Å². The first-order valence-corrected chi connectivity index (χ1v) is 5.87. The number of nitrogens with one attached hydrogen (secondary N) is 1. The molecular formula is C12H16ClNO2. The average molecular weight is 242 g/mol. The van der Waals surface area contributed by atoms with Crippen LogP contribution in [-0.2, 0) is 6.42 Å². The van der Waals surface area contributed by atoms with Crippen LogP contribution in [0.15, 0.2) is 12.1 Å². The van der Waals surface area contributed by atoms with E-state index in [2.05, 4.69) is 5.32 Å². The first-order chi connectivity index (χ1) is 7.70. The Hall–Kier alpha value is -0.930. The largest absolute Gasteiger partial charge is 0.508 e. The minimum Gasteiger partial charge on any atom is -0.508 e. The second-order valence-corrected chi connectivity index (χ2v) is 4.52. The maximum absolute atomic E-state index is 9.80. The predicted octanol–water partition coefficient (Wildman–Crippen LogP) is 2.35. The lowest BCUT2D eigenvalue weighted by molar-refractivity contribution is 0.410. The number of benzene rings is 1. The molecule has 1 unspecified atom stereocenters. The van der Waals surface area contributed by atoms with Gasteiger partial charge in [-0.2, -0.15) is 0 Å². The smallest absolute Gasteiger partial charge is 0.137 e. The van der Waals surface area contributed by atoms with E-state index in [0.29, 0.717) is 16.8 Å². The van der Waals surface area contributed by atoms with Crippen LogP contribution in [0, 0.1) is 0 Å². The monoisotopic (exact) mass is 241 g/mol. The Morgan fingerprint density at radius 3 is 3.00 bits per heavy atom. The van der Waals surface area contributed by atoms with Gasteiger partial charge in [-0.05, 0) is 37.4 Å². The summed E-state index contributed by atoms with van der Waals surface area (Å²) in [7, 11) is 1.58. The Morgan fingerprint density at radius 1 is 1.56 bits per heavy atom. The van der Waals surface area contributed by atoms with Crippen molar-refractivity contribution in [3.05, 3.63) is 22.7 Å². The number of phenols is 1. The van der Waals surface area contributed by atoms with Gasteiger partial charge in [0.25, 0.3) is 0 Å². The number of phenolic OH excluding ortho intramolecular Hbond substituents is 1. The summed E-state index contributed by atoms with van der Waals surface area (Å²) < 4.78 is 5.14. The van der Waals surface area contributed by atoms with Crippen LogP contribution in [0.5, 0.6) is 11.5 Å². The molecule has 4 heteroatoms. The Bertz CT molecular complexity index is 376. The summed E-state index contributed by atoms with van der Waals surface area (Å²) in [5, 5.41) is 13.7. The lowest BCUT2D eigenvalue weighted by Gasteiger charge is -2.13. The fraction of sp³-hybridized carbons (Fsp3) is 0.500. The second-order valence-electron chi connectivity index (χ2n) is 4.11. The van der Waals surface area contributed by atoms with E-state index in [1.54, 1.807) is 13.2 Å². The summed E-state index contributed by atoms with van der Waals surface area (Å²) in [6, 6.07) is 3.82. The molecule has 16 heavy (non-hydrogen) atoms. The second kappa shape index (κ2) is 4.93. The molecule has 0 bridgehead atoms. The highest BCUT2D eigenvalue weighted by Gasteiger charge is 2.17. The van der Waals surface area contributed by atoms with Gasteiger partial charge < -0.3 is 15.2 Å². The van der Waals surface area contributed by atoms with E-state index in [9.17, 15) is 5.11 Å². The third-order valence-corrected chi connectivity index (χ3v) is 3.28. The first-order valence-electron chi connectivity index (χ1n) is 5.49. The molecule has 0 radical (unpaired) electrons. The van der Waals surface area contributed by atoms with Crippen molar-refractivity contribution in [2.45, 2.75) is 25.3 Å². The van der Waals surface area contributed by atoms with Crippen LogP contribution in [0.3, 0.4) is 0 Å². The molecule has 0 aliphatic carbocycles. The third-order valence-electron chi connectivity index (χ3n) is 2.98. The van der Waals surface area contributed by atoms with Gasteiger partial charge in [0.2, 0.25) is 0 Å². The zero-order valence-electron chi connectivity index (χ0n) is 9.29. The lowest BCUT2D eigenvalue weighted by atomic mass is 10.0. The highest BCUT2D eigenvalue weighted by Crippen LogP contribution is 2.32. The van der Waals surface area contributed by atoms with Crippen LogP contribution in [0.2, 0.25) is 5.02 Å². The molecule has 3 nitrogen and oxygen atoms in total. The van der Waals surface area contributed by atoms with Gasteiger partial charge in [-0.15, -0.1) is 0 Å². The topological polar surface area (TPSA) is 41.5 Å². The van der Waals surface area contributed by atoms with Crippen LogP contribution >= 0.6 is 11.6 Å². The summed E-state index contributed by atoms with van der Waals surface area (Å²) in [4.78, 5) is 0. The molecule has 0 aromatic heterocycles. The summed E-state index contributed by atoms with van der Waals surface area (Å²) in [5.74, 6) is 0.868. The molecule has 1 atom stereocenters. The summed E-state index contributed by atoms with van der Waals surface area (Å²) in [6.45, 7) is 1.07. The number of ether oxygens (including phenoxy) is 1. The quantitative estimate of drug-likeness (QED) is 0.854. The van der Waals surface area contributed by atoms with Crippen molar-refractivity contribution in [1.29, 1.82) is 0 Å². The fourth-order valence-electron chi connectivity index (χ4n) is 2.10. The number of halogens is 1. The van der Waals surface area contributed by atoms with E-state index in [0.717, 1.165) is 24.9 Å². The van der Waals surface area contributed by atoms with Crippen LogP contribution in [0.25, 0.3) is 0 Å². The molecule has 0 amide bonds. The van der Waals surface area contributed by atoms with E-state index in [4.69, 9.17) is 16.3 Å². The SMILES string of the molecule is COc1cc(CC2CCCN2)c(O)cc1Cl. The normalized spacial score (nSPS) is 20.0. The Balaban J connectivity index is 2.18. The molecule has 1 aromatic rings. The molecule has 1 saturated heterocycles. The summed E-state index contributed by atoms with van der Waals surface area (Å²) in [5.41, 5.74) is 0.889. The van der Waals surface area contributed by atoms with E-state index in [1.807, 2.05) is 6.07 Å². The van der Waals surface area contributed by atoms with Crippen molar-refractivity contribution in [3.63, 3.8) is 0 Å². The molecule has 88 valence electrons. The maximum Gasteiger partial charge on any atom is 0.137 e. The molecule has 1 fully saturated rings. The van der Waals surface area contributed by atoms with Crippen molar-refractivity contribution < 1.29 is 9.84 Å². The molecule has 1 aromatic carbocycles. The van der Waals surface area contributed by atoms with Crippen molar-refractivity contribution in [3.8, 4) is 11.5 Å². The number of hydrogen-bond acceptors (Lipinski definition) is 3. The van der Waals surface area contributed by atoms with E-state index >= 15 is 0 Å². The van der Waals surface area contributed by atoms with E-state index in [-0.39, 0.29) is 5.75 Å². The predicted molar refractivity (Wildman–Crippen MR) is 64.4 cm³/mol. The van der Waals surface area contributed by atoms with Crippen molar-refractivity contribution in [2.75, 3.05) is 13.7 Å². The Labute approximate surface area is 100 Å². The highest BCUT2D eigenvalue weighted by molar-refractivity contribution is 6.32. The Morgan fingerprint density at radius 2 is 2.38 bits per heavy atom. The molecule has 2 N–H and O–H groups in total. The van der Waals surface area contributed by atoms with Gasteiger partial charge >= 0.3 is 0 Å². The van der Waals surface area contributed by atoms with Crippen LogP contribution in [0.1, 0.15) is 18.4 Å². The van der Waals surface area contributed by atoms with E-state index < -0.39 is 0 Å². The highest BCUT2D eigenvalue weighted by atomic mass is 35.5. The molecule has 1 heterocycles. The number of aromatic hydroxyl groups is 1. The molecule has 0 saturated carbocycles. The van der Waals surface area contributed by atoms with Gasteiger partial charge in [0.05, 0.1) is 12.1 Å². The van der Waals surface area contributed by atoms with Crippen LogP contribution in [-0.4, -0.2) is 24.8 Å². The zero-order valence-corrected chi connectivity index (χ0v) is 10.0. The third kappa shape index (κ3) is 2.42. The van der Waals surface area contributed by atoms with Crippen LogP contribution < -0.4 is 10.1 Å². The fourth-order valence-corrected chi connectivity index (χ4v) is 2.34. The van der Waals surface area contributed by atoms with Crippen molar-refractivity contribution in [2.24, 2.45) is 0 Å². The first kappa shape index (κ1) is 11.6.